The zero-order valence-electron chi connectivity index (χ0n) is 36.6. The molecule has 2 N–H and O–H groups in total. The largest absolute Gasteiger partial charge is 0.756 e. The first-order valence-electron chi connectivity index (χ1n) is 22.3. The number of amides is 1. The van der Waals surface area contributed by atoms with E-state index in [2.05, 4.69) is 79.9 Å². The number of nitrogens with one attached hydrogen (secondary N) is 1. The first-order valence-corrected chi connectivity index (χ1v) is 23.8. The van der Waals surface area contributed by atoms with Gasteiger partial charge in [0.1, 0.15) is 13.2 Å². The van der Waals surface area contributed by atoms with Gasteiger partial charge in [-0.15, -0.1) is 0 Å². The third-order valence-electron chi connectivity index (χ3n) is 9.42. The van der Waals surface area contributed by atoms with Gasteiger partial charge in [-0.05, 0) is 64.2 Å². The number of aliphatic hydroxyl groups excluding tert-OH is 1. The number of nitrogens with zero attached hydrogens (tertiary/aromatic N) is 1. The van der Waals surface area contributed by atoms with Crippen LogP contribution in [0, 0.1) is 0 Å². The summed E-state index contributed by atoms with van der Waals surface area (Å²) >= 11 is 0. The number of quaternary nitrogens is 1. The summed E-state index contributed by atoms with van der Waals surface area (Å²) in [6.07, 6.45) is 51.5. The lowest BCUT2D eigenvalue weighted by Crippen LogP contribution is -2.45. The van der Waals surface area contributed by atoms with Crippen LogP contribution in [0.15, 0.2) is 72.9 Å². The van der Waals surface area contributed by atoms with Crippen molar-refractivity contribution in [3.63, 3.8) is 0 Å². The van der Waals surface area contributed by atoms with Crippen molar-refractivity contribution in [1.82, 2.24) is 5.32 Å². The smallest absolute Gasteiger partial charge is 0.268 e. The Morgan fingerprint density at radius 2 is 1.09 bits per heavy atom. The number of carbonyl (C=O) groups is 1. The molecule has 0 rings (SSSR count). The van der Waals surface area contributed by atoms with Gasteiger partial charge >= 0.3 is 0 Å². The first kappa shape index (κ1) is 53.9. The summed E-state index contributed by atoms with van der Waals surface area (Å²) in [5, 5.41) is 13.6. The number of aliphatic hydroxyl groups is 1. The maximum absolute atomic E-state index is 12.7. The molecule has 0 aromatic heterocycles. The topological polar surface area (TPSA) is 108 Å². The highest BCUT2D eigenvalue weighted by molar-refractivity contribution is 7.45. The van der Waals surface area contributed by atoms with Crippen LogP contribution in [0.1, 0.15) is 168 Å². The summed E-state index contributed by atoms with van der Waals surface area (Å²) in [5.74, 6) is -0.210. The minimum absolute atomic E-state index is 0.00486. The number of unbranched alkanes of at least 4 members (excludes halogenated alkanes) is 16. The normalized spacial score (nSPS) is 15.1. The highest BCUT2D eigenvalue weighted by atomic mass is 31.2. The van der Waals surface area contributed by atoms with Gasteiger partial charge in [-0.1, -0.05) is 170 Å². The second kappa shape index (κ2) is 38.5. The van der Waals surface area contributed by atoms with E-state index in [-0.39, 0.29) is 19.1 Å². The molecule has 0 aromatic rings. The highest BCUT2D eigenvalue weighted by Gasteiger charge is 2.23. The number of likely N-dealkylation sites (N-methyl/N-ethyl adjacent to an activating group) is 1. The molecule has 3 atom stereocenters. The molecule has 0 bridgehead atoms. The van der Waals surface area contributed by atoms with Gasteiger partial charge in [0.2, 0.25) is 5.91 Å². The number of carbonyl (C=O) groups excluding carboxylic acids is 1. The zero-order valence-corrected chi connectivity index (χ0v) is 37.5. The Hall–Kier alpha value is -2.06. The molecule has 0 radical (unpaired) electrons. The highest BCUT2D eigenvalue weighted by Crippen LogP contribution is 2.38. The average molecular weight is 805 g/mol. The van der Waals surface area contributed by atoms with Crippen molar-refractivity contribution in [2.24, 2.45) is 0 Å². The van der Waals surface area contributed by atoms with Gasteiger partial charge in [0.25, 0.3) is 7.82 Å². The molecule has 0 aliphatic heterocycles. The van der Waals surface area contributed by atoms with E-state index in [1.807, 2.05) is 27.2 Å². The molecule has 0 fully saturated rings. The maximum Gasteiger partial charge on any atom is 0.268 e. The number of hydrogen-bond acceptors (Lipinski definition) is 6. The summed E-state index contributed by atoms with van der Waals surface area (Å²) in [4.78, 5) is 25.1. The van der Waals surface area contributed by atoms with Crippen LogP contribution in [0.3, 0.4) is 0 Å². The van der Waals surface area contributed by atoms with E-state index in [0.717, 1.165) is 77.0 Å². The van der Waals surface area contributed by atoms with Crippen LogP contribution in [0.25, 0.3) is 0 Å². The lowest BCUT2D eigenvalue weighted by molar-refractivity contribution is -0.870. The van der Waals surface area contributed by atoms with E-state index in [9.17, 15) is 19.4 Å². The number of phosphoric acid groups is 1. The summed E-state index contributed by atoms with van der Waals surface area (Å²) in [6, 6.07) is -0.885. The SMILES string of the molecule is CC/C=C\C/C=C\C/C=C\C/C=C\C/C=C\CCCCCCCCCCCCCCCC(=O)NC(COP(=O)([O-])OCC[N+](C)(C)C)C(O)/C=C/CCCCC. The molecule has 9 heteroatoms. The number of rotatable bonds is 39. The molecule has 0 aliphatic rings. The lowest BCUT2D eigenvalue weighted by atomic mass is 10.0. The molecule has 0 saturated heterocycles. The van der Waals surface area contributed by atoms with Crippen molar-refractivity contribution in [2.75, 3.05) is 40.9 Å². The maximum atomic E-state index is 12.7. The van der Waals surface area contributed by atoms with Crippen LogP contribution in [0.4, 0.5) is 0 Å². The Bertz CT molecular complexity index is 1140. The lowest BCUT2D eigenvalue weighted by Gasteiger charge is -2.29. The molecule has 8 nitrogen and oxygen atoms in total. The minimum Gasteiger partial charge on any atom is -0.756 e. The second-order valence-electron chi connectivity index (χ2n) is 16.0. The van der Waals surface area contributed by atoms with Gasteiger partial charge in [0.15, 0.2) is 0 Å². The van der Waals surface area contributed by atoms with Crippen molar-refractivity contribution in [2.45, 2.75) is 180 Å². The van der Waals surface area contributed by atoms with Crippen LogP contribution < -0.4 is 10.2 Å². The van der Waals surface area contributed by atoms with Gasteiger partial charge < -0.3 is 28.8 Å². The molecule has 0 heterocycles. The Balaban J connectivity index is 3.98. The molecule has 3 unspecified atom stereocenters. The quantitative estimate of drug-likeness (QED) is 0.0277. The van der Waals surface area contributed by atoms with Gasteiger partial charge in [-0.3, -0.25) is 9.36 Å². The van der Waals surface area contributed by atoms with Crippen molar-refractivity contribution >= 4 is 13.7 Å². The predicted molar refractivity (Wildman–Crippen MR) is 237 cm³/mol. The van der Waals surface area contributed by atoms with Crippen LogP contribution in [0.5, 0.6) is 0 Å². The third kappa shape index (κ3) is 40.1. The van der Waals surface area contributed by atoms with Gasteiger partial charge in [0.05, 0.1) is 39.9 Å². The average Bonchev–Trinajstić information content (AvgIpc) is 3.15. The Kier molecular flexibility index (Phi) is 37.0. The molecular formula is C47H85N2O6P. The number of allylic oxidation sites excluding steroid dienone is 11. The number of hydrogen-bond donors (Lipinski definition) is 2. The Morgan fingerprint density at radius 3 is 1.59 bits per heavy atom. The molecular weight excluding hydrogens is 719 g/mol. The van der Waals surface area contributed by atoms with Crippen molar-refractivity contribution in [3.05, 3.63) is 72.9 Å². The summed E-state index contributed by atoms with van der Waals surface area (Å²) < 4.78 is 23.0. The Morgan fingerprint density at radius 1 is 0.643 bits per heavy atom. The monoisotopic (exact) mass is 805 g/mol. The fourth-order valence-electron chi connectivity index (χ4n) is 5.88. The van der Waals surface area contributed by atoms with Crippen LogP contribution in [-0.2, 0) is 18.4 Å². The van der Waals surface area contributed by atoms with Gasteiger partial charge in [-0.2, -0.15) is 0 Å². The fourth-order valence-corrected chi connectivity index (χ4v) is 6.61. The van der Waals surface area contributed by atoms with E-state index in [1.165, 1.54) is 70.6 Å². The van der Waals surface area contributed by atoms with Crippen LogP contribution in [-0.4, -0.2) is 68.5 Å². The molecule has 324 valence electrons. The van der Waals surface area contributed by atoms with E-state index < -0.39 is 20.0 Å². The Labute approximate surface area is 344 Å². The van der Waals surface area contributed by atoms with Crippen molar-refractivity contribution in [3.8, 4) is 0 Å². The molecule has 1 amide bonds. The molecule has 0 saturated carbocycles. The summed E-state index contributed by atoms with van der Waals surface area (Å²) in [5.41, 5.74) is 0. The zero-order chi connectivity index (χ0) is 41.4. The molecule has 0 aromatic carbocycles. The fraction of sp³-hybridized carbons (Fsp3) is 0.723. The summed E-state index contributed by atoms with van der Waals surface area (Å²) in [6.45, 7) is 4.39. The summed E-state index contributed by atoms with van der Waals surface area (Å²) in [7, 11) is 1.24. The van der Waals surface area contributed by atoms with Crippen LogP contribution >= 0.6 is 7.82 Å². The van der Waals surface area contributed by atoms with Gasteiger partial charge in [0, 0.05) is 6.42 Å². The standard InChI is InChI=1S/C47H85N2O6P/c1-6-8-10-12-13-14-15-16-17-18-19-20-21-22-23-24-25-26-27-28-29-30-31-32-33-34-35-37-39-41-47(51)48-45(46(50)40-38-36-11-9-7-2)44-55-56(52,53)54-43-42-49(3,4)5/h8,10,13-14,16-17,19-20,22-23,38,40,45-46,50H,6-7,9,11-12,15,18,21,24-37,39,41-44H2,1-5H3,(H-,48,51,52,53)/b10-8-,14-13-,17-16-,20-19-,23-22-,40-38+. The van der Waals surface area contributed by atoms with E-state index >= 15 is 0 Å². The molecule has 56 heavy (non-hydrogen) atoms. The first-order chi connectivity index (χ1) is 27.0. The predicted octanol–water partition coefficient (Wildman–Crippen LogP) is 11.8. The van der Waals surface area contributed by atoms with Crippen molar-refractivity contribution < 1.29 is 32.9 Å². The van der Waals surface area contributed by atoms with E-state index in [1.54, 1.807) is 6.08 Å². The molecule has 0 aliphatic carbocycles. The van der Waals surface area contributed by atoms with Crippen molar-refractivity contribution in [1.29, 1.82) is 0 Å². The van der Waals surface area contributed by atoms with E-state index in [0.29, 0.717) is 17.4 Å². The molecule has 0 spiro atoms. The van der Waals surface area contributed by atoms with Gasteiger partial charge in [-0.25, -0.2) is 0 Å². The number of phosphoric ester groups is 1. The van der Waals surface area contributed by atoms with E-state index in [4.69, 9.17) is 9.05 Å². The third-order valence-corrected chi connectivity index (χ3v) is 10.4. The minimum atomic E-state index is -4.57. The van der Waals surface area contributed by atoms with Crippen LogP contribution in [0.2, 0.25) is 0 Å². The second-order valence-corrected chi connectivity index (χ2v) is 17.4.